The van der Waals surface area contributed by atoms with Gasteiger partial charge < -0.3 is 4.85 Å². The van der Waals surface area contributed by atoms with Crippen LogP contribution in [0, 0.1) is 6.57 Å². The van der Waals surface area contributed by atoms with Gasteiger partial charge in [0.1, 0.15) is 0 Å². The first kappa shape index (κ1) is 9.90. The molecule has 0 radical (unpaired) electrons. The Kier molecular flexibility index (Phi) is 2.24. The number of rotatable bonds is 3. The van der Waals surface area contributed by atoms with Crippen LogP contribution in [-0.4, -0.2) is 5.54 Å². The summed E-state index contributed by atoms with van der Waals surface area (Å²) in [6, 6.07) is 8.94. The Morgan fingerprint density at radius 2 is 2.12 bits per heavy atom. The van der Waals surface area contributed by atoms with E-state index in [9.17, 15) is 0 Å². The van der Waals surface area contributed by atoms with Gasteiger partial charge >= 0.3 is 0 Å². The largest absolute Gasteiger partial charge is 0.310 e. The SMILES string of the molecule is [C-]#[N+]C1(Cc2cccc(C3CC3)c2)CCC1. The van der Waals surface area contributed by atoms with E-state index in [-0.39, 0.29) is 5.54 Å². The third-order valence-electron chi connectivity index (χ3n) is 4.05. The first-order valence-corrected chi connectivity index (χ1v) is 6.29. The molecule has 0 bridgehead atoms. The molecule has 0 atom stereocenters. The molecule has 0 amide bonds. The number of hydrogen-bond donors (Lipinski definition) is 0. The molecule has 1 nitrogen and oxygen atoms in total. The van der Waals surface area contributed by atoms with Crippen molar-refractivity contribution >= 4 is 0 Å². The normalized spacial score (nSPS) is 22.2. The Morgan fingerprint density at radius 3 is 2.69 bits per heavy atom. The van der Waals surface area contributed by atoms with Gasteiger partial charge in [0.15, 0.2) is 0 Å². The van der Waals surface area contributed by atoms with E-state index in [1.54, 1.807) is 0 Å². The summed E-state index contributed by atoms with van der Waals surface area (Å²) in [5.41, 5.74) is 2.83. The summed E-state index contributed by atoms with van der Waals surface area (Å²) in [4.78, 5) is 3.86. The van der Waals surface area contributed by atoms with E-state index >= 15 is 0 Å². The molecule has 3 rings (SSSR count). The topological polar surface area (TPSA) is 4.36 Å². The summed E-state index contributed by atoms with van der Waals surface area (Å²) in [6.07, 6.45) is 7.13. The van der Waals surface area contributed by atoms with Crippen molar-refractivity contribution in [1.82, 2.24) is 0 Å². The maximum Gasteiger partial charge on any atom is 0.236 e. The van der Waals surface area contributed by atoms with E-state index in [0.717, 1.165) is 25.2 Å². The van der Waals surface area contributed by atoms with Crippen LogP contribution >= 0.6 is 0 Å². The minimum absolute atomic E-state index is 0.0395. The zero-order chi connectivity index (χ0) is 11.0. The predicted molar refractivity (Wildman–Crippen MR) is 65.3 cm³/mol. The fourth-order valence-electron chi connectivity index (χ4n) is 2.67. The average Bonchev–Trinajstić information content (AvgIpc) is 3.08. The van der Waals surface area contributed by atoms with Gasteiger partial charge in [0, 0.05) is 12.8 Å². The molecule has 0 aromatic heterocycles. The summed E-state index contributed by atoms with van der Waals surface area (Å²) >= 11 is 0. The summed E-state index contributed by atoms with van der Waals surface area (Å²) in [5, 5.41) is 0. The van der Waals surface area contributed by atoms with Gasteiger partial charge in [-0.3, -0.25) is 0 Å². The Labute approximate surface area is 97.3 Å². The quantitative estimate of drug-likeness (QED) is 0.667. The van der Waals surface area contributed by atoms with Gasteiger partial charge in [-0.25, -0.2) is 6.57 Å². The molecule has 0 heterocycles. The van der Waals surface area contributed by atoms with Crippen LogP contribution in [0.15, 0.2) is 24.3 Å². The van der Waals surface area contributed by atoms with Crippen molar-refractivity contribution in [2.75, 3.05) is 0 Å². The van der Waals surface area contributed by atoms with Gasteiger partial charge in [0.05, 0.1) is 6.42 Å². The number of nitrogens with zero attached hydrogens (tertiary/aromatic N) is 1. The Morgan fingerprint density at radius 1 is 1.31 bits per heavy atom. The molecular formula is C15H17N. The van der Waals surface area contributed by atoms with Crippen molar-refractivity contribution in [2.24, 2.45) is 0 Å². The highest BCUT2D eigenvalue weighted by molar-refractivity contribution is 5.31. The standard InChI is InChI=1S/C15H17N/c1-16-15(8-3-9-15)11-12-4-2-5-14(10-12)13-6-7-13/h2,4-5,10,13H,3,6-9,11H2. The predicted octanol–water partition coefficient (Wildman–Crippen LogP) is 3.95. The van der Waals surface area contributed by atoms with Crippen molar-refractivity contribution in [2.45, 2.75) is 50.0 Å². The maximum absolute atomic E-state index is 7.33. The zero-order valence-corrected chi connectivity index (χ0v) is 9.58. The van der Waals surface area contributed by atoms with Crippen LogP contribution in [0.5, 0.6) is 0 Å². The molecule has 0 saturated heterocycles. The molecule has 0 aliphatic heterocycles. The molecule has 2 aliphatic rings. The molecule has 82 valence electrons. The first-order valence-electron chi connectivity index (χ1n) is 6.29. The van der Waals surface area contributed by atoms with Crippen molar-refractivity contribution in [3.05, 3.63) is 46.8 Å². The average molecular weight is 211 g/mol. The molecule has 0 spiro atoms. The smallest absolute Gasteiger partial charge is 0.236 e. The van der Waals surface area contributed by atoms with Crippen LogP contribution in [0.3, 0.4) is 0 Å². The molecule has 0 N–H and O–H groups in total. The monoisotopic (exact) mass is 211 g/mol. The van der Waals surface area contributed by atoms with E-state index in [4.69, 9.17) is 6.57 Å². The minimum atomic E-state index is -0.0395. The molecule has 2 aliphatic carbocycles. The molecule has 1 heteroatoms. The van der Waals surface area contributed by atoms with Crippen LogP contribution in [0.4, 0.5) is 0 Å². The summed E-state index contributed by atoms with van der Waals surface area (Å²) in [5.74, 6) is 0.824. The number of benzene rings is 1. The second-order valence-electron chi connectivity index (χ2n) is 5.39. The lowest BCUT2D eigenvalue weighted by Gasteiger charge is -2.30. The second kappa shape index (κ2) is 3.63. The van der Waals surface area contributed by atoms with Crippen molar-refractivity contribution in [3.63, 3.8) is 0 Å². The third kappa shape index (κ3) is 1.73. The van der Waals surface area contributed by atoms with E-state index < -0.39 is 0 Å². The summed E-state index contributed by atoms with van der Waals surface area (Å²) < 4.78 is 0. The van der Waals surface area contributed by atoms with Crippen molar-refractivity contribution in [3.8, 4) is 0 Å². The van der Waals surface area contributed by atoms with Crippen LogP contribution in [0.2, 0.25) is 0 Å². The highest BCUT2D eigenvalue weighted by atomic mass is 14.8. The summed E-state index contributed by atoms with van der Waals surface area (Å²) in [7, 11) is 0. The minimum Gasteiger partial charge on any atom is -0.310 e. The Bertz CT molecular complexity index is 433. The third-order valence-corrected chi connectivity index (χ3v) is 4.05. The van der Waals surface area contributed by atoms with Crippen molar-refractivity contribution in [1.29, 1.82) is 0 Å². The fraction of sp³-hybridized carbons (Fsp3) is 0.533. The Balaban J connectivity index is 1.79. The lowest BCUT2D eigenvalue weighted by Crippen LogP contribution is -2.35. The second-order valence-corrected chi connectivity index (χ2v) is 5.39. The fourth-order valence-corrected chi connectivity index (χ4v) is 2.67. The van der Waals surface area contributed by atoms with Crippen LogP contribution in [-0.2, 0) is 6.42 Å². The molecule has 2 saturated carbocycles. The highest BCUT2D eigenvalue weighted by Gasteiger charge is 2.43. The maximum atomic E-state index is 7.33. The van der Waals surface area contributed by atoms with E-state index in [1.165, 1.54) is 30.4 Å². The first-order chi connectivity index (χ1) is 7.81. The summed E-state index contributed by atoms with van der Waals surface area (Å²) in [6.45, 7) is 7.33. The van der Waals surface area contributed by atoms with Gasteiger partial charge in [0.2, 0.25) is 5.54 Å². The molecule has 16 heavy (non-hydrogen) atoms. The van der Waals surface area contributed by atoms with Gasteiger partial charge in [0.25, 0.3) is 0 Å². The van der Waals surface area contributed by atoms with Crippen LogP contribution in [0.25, 0.3) is 4.85 Å². The molecular weight excluding hydrogens is 194 g/mol. The lowest BCUT2D eigenvalue weighted by molar-refractivity contribution is 0.301. The molecule has 2 fully saturated rings. The van der Waals surface area contributed by atoms with E-state index in [2.05, 4.69) is 29.1 Å². The van der Waals surface area contributed by atoms with Gasteiger partial charge in [-0.1, -0.05) is 24.3 Å². The molecule has 1 aromatic carbocycles. The highest BCUT2D eigenvalue weighted by Crippen LogP contribution is 2.42. The van der Waals surface area contributed by atoms with Gasteiger partial charge in [-0.2, -0.15) is 0 Å². The van der Waals surface area contributed by atoms with Crippen LogP contribution < -0.4 is 0 Å². The van der Waals surface area contributed by atoms with E-state index in [1.807, 2.05) is 0 Å². The Hall–Kier alpha value is -1.29. The molecule has 1 aromatic rings. The van der Waals surface area contributed by atoms with Crippen molar-refractivity contribution < 1.29 is 0 Å². The molecule has 0 unspecified atom stereocenters. The van der Waals surface area contributed by atoms with Gasteiger partial charge in [-0.05, 0) is 36.3 Å². The van der Waals surface area contributed by atoms with E-state index in [0.29, 0.717) is 0 Å². The lowest BCUT2D eigenvalue weighted by atomic mass is 9.73. The number of hydrogen-bond acceptors (Lipinski definition) is 0. The van der Waals surface area contributed by atoms with Gasteiger partial charge in [-0.15, -0.1) is 0 Å². The zero-order valence-electron chi connectivity index (χ0n) is 9.58. The van der Waals surface area contributed by atoms with Crippen LogP contribution in [0.1, 0.15) is 49.1 Å².